The molecule has 0 saturated carbocycles. The van der Waals surface area contributed by atoms with E-state index < -0.39 is 0 Å². The maximum absolute atomic E-state index is 11.7. The Kier molecular flexibility index (Phi) is 4.68. The number of carbonyl (C=O) groups excluding carboxylic acids is 1. The third-order valence-electron chi connectivity index (χ3n) is 2.14. The number of allylic oxidation sites excluding steroid dienone is 1. The minimum absolute atomic E-state index is 0.0784. The van der Waals surface area contributed by atoms with E-state index in [4.69, 9.17) is 0 Å². The number of halogens is 1. The van der Waals surface area contributed by atoms with E-state index in [2.05, 4.69) is 26.2 Å². The van der Waals surface area contributed by atoms with Crippen LogP contribution in [0.3, 0.4) is 0 Å². The van der Waals surface area contributed by atoms with E-state index in [1.54, 1.807) is 13.1 Å². The van der Waals surface area contributed by atoms with Gasteiger partial charge in [-0.05, 0) is 47.8 Å². The van der Waals surface area contributed by atoms with Gasteiger partial charge in [0.2, 0.25) is 0 Å². The van der Waals surface area contributed by atoms with E-state index in [-0.39, 0.29) is 5.91 Å². The van der Waals surface area contributed by atoms with Crippen LogP contribution < -0.4 is 5.32 Å². The average Bonchev–Trinajstić information content (AvgIpc) is 2.24. The zero-order valence-corrected chi connectivity index (χ0v) is 11.3. The zero-order valence-electron chi connectivity index (χ0n) is 9.67. The standard InChI is InChI=1S/C12H15BrN2O/c1-4-5-8(2)12(16)15-10-6-9(3)11(13)14-7-10/h5-7H,4H2,1-3H3,(H,15,16)/b8-5-. The predicted molar refractivity (Wildman–Crippen MR) is 69.4 cm³/mol. The highest BCUT2D eigenvalue weighted by molar-refractivity contribution is 9.10. The van der Waals surface area contributed by atoms with E-state index in [0.29, 0.717) is 0 Å². The number of pyridine rings is 1. The van der Waals surface area contributed by atoms with Crippen LogP contribution in [0.5, 0.6) is 0 Å². The van der Waals surface area contributed by atoms with Gasteiger partial charge < -0.3 is 5.32 Å². The number of carbonyl (C=O) groups is 1. The van der Waals surface area contributed by atoms with E-state index in [1.165, 1.54) is 0 Å². The number of hydrogen-bond acceptors (Lipinski definition) is 2. The fraction of sp³-hybridized carbons (Fsp3) is 0.333. The minimum atomic E-state index is -0.0784. The van der Waals surface area contributed by atoms with Gasteiger partial charge in [-0.3, -0.25) is 4.79 Å². The summed E-state index contributed by atoms with van der Waals surface area (Å²) in [5.74, 6) is -0.0784. The number of amides is 1. The molecule has 1 aromatic heterocycles. The topological polar surface area (TPSA) is 42.0 Å². The molecule has 0 unspecified atom stereocenters. The summed E-state index contributed by atoms with van der Waals surface area (Å²) in [5, 5.41) is 2.80. The molecular weight excluding hydrogens is 268 g/mol. The van der Waals surface area contributed by atoms with E-state index in [1.807, 2.05) is 26.0 Å². The summed E-state index contributed by atoms with van der Waals surface area (Å²) in [7, 11) is 0. The van der Waals surface area contributed by atoms with Gasteiger partial charge >= 0.3 is 0 Å². The van der Waals surface area contributed by atoms with Crippen molar-refractivity contribution in [2.75, 3.05) is 5.32 Å². The van der Waals surface area contributed by atoms with Crippen LogP contribution in [0.2, 0.25) is 0 Å². The van der Waals surface area contributed by atoms with Crippen molar-refractivity contribution in [1.29, 1.82) is 0 Å². The number of aromatic nitrogens is 1. The molecule has 0 bridgehead atoms. The van der Waals surface area contributed by atoms with Gasteiger partial charge in [0.1, 0.15) is 4.60 Å². The molecule has 0 spiro atoms. The lowest BCUT2D eigenvalue weighted by Gasteiger charge is -2.06. The summed E-state index contributed by atoms with van der Waals surface area (Å²) in [6.45, 7) is 5.74. The van der Waals surface area contributed by atoms with Crippen molar-refractivity contribution in [3.8, 4) is 0 Å². The lowest BCUT2D eigenvalue weighted by atomic mass is 10.2. The van der Waals surface area contributed by atoms with Crippen LogP contribution in [0.1, 0.15) is 25.8 Å². The van der Waals surface area contributed by atoms with Crippen molar-refractivity contribution in [3.05, 3.63) is 34.1 Å². The van der Waals surface area contributed by atoms with Gasteiger partial charge in [0.15, 0.2) is 0 Å². The van der Waals surface area contributed by atoms with Crippen LogP contribution in [0.15, 0.2) is 28.5 Å². The van der Waals surface area contributed by atoms with Crippen molar-refractivity contribution < 1.29 is 4.79 Å². The SMILES string of the molecule is CC/C=C(/C)C(=O)Nc1cnc(Br)c(C)c1. The van der Waals surface area contributed by atoms with Crippen LogP contribution >= 0.6 is 15.9 Å². The molecule has 0 fully saturated rings. The zero-order chi connectivity index (χ0) is 12.1. The molecule has 1 heterocycles. The molecule has 1 aromatic rings. The molecule has 86 valence electrons. The average molecular weight is 283 g/mol. The monoisotopic (exact) mass is 282 g/mol. The fourth-order valence-corrected chi connectivity index (χ4v) is 1.47. The van der Waals surface area contributed by atoms with Gasteiger partial charge in [-0.1, -0.05) is 13.0 Å². The highest BCUT2D eigenvalue weighted by Gasteiger charge is 2.05. The lowest BCUT2D eigenvalue weighted by Crippen LogP contribution is -2.12. The first-order valence-corrected chi connectivity index (χ1v) is 5.94. The van der Waals surface area contributed by atoms with Crippen molar-refractivity contribution in [1.82, 2.24) is 4.98 Å². The highest BCUT2D eigenvalue weighted by atomic mass is 79.9. The van der Waals surface area contributed by atoms with Crippen molar-refractivity contribution in [2.24, 2.45) is 0 Å². The first kappa shape index (κ1) is 12.9. The van der Waals surface area contributed by atoms with Gasteiger partial charge in [-0.2, -0.15) is 0 Å². The van der Waals surface area contributed by atoms with Crippen LogP contribution in [0.4, 0.5) is 5.69 Å². The Bertz CT molecular complexity index is 427. The molecule has 0 aliphatic carbocycles. The number of hydrogen-bond donors (Lipinski definition) is 1. The van der Waals surface area contributed by atoms with Crippen molar-refractivity contribution in [2.45, 2.75) is 27.2 Å². The van der Waals surface area contributed by atoms with E-state index in [9.17, 15) is 4.79 Å². The molecule has 1 amide bonds. The summed E-state index contributed by atoms with van der Waals surface area (Å²) in [4.78, 5) is 15.8. The molecule has 0 aliphatic heterocycles. The van der Waals surface area contributed by atoms with Crippen molar-refractivity contribution >= 4 is 27.5 Å². The summed E-state index contributed by atoms with van der Waals surface area (Å²) in [6, 6.07) is 1.88. The quantitative estimate of drug-likeness (QED) is 0.682. The second-order valence-electron chi connectivity index (χ2n) is 3.58. The summed E-state index contributed by atoms with van der Waals surface area (Å²) < 4.78 is 0.798. The summed E-state index contributed by atoms with van der Waals surface area (Å²) in [5.41, 5.74) is 2.44. The molecule has 0 atom stereocenters. The summed E-state index contributed by atoms with van der Waals surface area (Å²) in [6.07, 6.45) is 4.39. The second kappa shape index (κ2) is 5.80. The molecule has 0 aromatic carbocycles. The maximum Gasteiger partial charge on any atom is 0.251 e. The number of aryl methyl sites for hydroxylation is 1. The Morgan fingerprint density at radius 1 is 1.62 bits per heavy atom. The van der Waals surface area contributed by atoms with Crippen LogP contribution in [0, 0.1) is 6.92 Å². The molecule has 3 nitrogen and oxygen atoms in total. The van der Waals surface area contributed by atoms with Crippen molar-refractivity contribution in [3.63, 3.8) is 0 Å². The third-order valence-corrected chi connectivity index (χ3v) is 2.97. The Labute approximate surface area is 104 Å². The van der Waals surface area contributed by atoms with Crippen LogP contribution in [-0.2, 0) is 4.79 Å². The van der Waals surface area contributed by atoms with E-state index in [0.717, 1.165) is 27.8 Å². The Morgan fingerprint density at radius 2 is 2.31 bits per heavy atom. The fourth-order valence-electron chi connectivity index (χ4n) is 1.26. The summed E-state index contributed by atoms with van der Waals surface area (Å²) >= 11 is 3.31. The van der Waals surface area contributed by atoms with Gasteiger partial charge in [0, 0.05) is 5.57 Å². The van der Waals surface area contributed by atoms with Gasteiger partial charge in [0.05, 0.1) is 11.9 Å². The van der Waals surface area contributed by atoms with Crippen LogP contribution in [0.25, 0.3) is 0 Å². The molecule has 0 radical (unpaired) electrons. The first-order chi connectivity index (χ1) is 7.54. The molecule has 4 heteroatoms. The number of rotatable bonds is 3. The van der Waals surface area contributed by atoms with Gasteiger partial charge in [-0.25, -0.2) is 4.98 Å². The normalized spacial score (nSPS) is 11.4. The smallest absolute Gasteiger partial charge is 0.251 e. The molecule has 16 heavy (non-hydrogen) atoms. The number of nitrogens with one attached hydrogen (secondary N) is 1. The Hall–Kier alpha value is -1.16. The number of anilines is 1. The first-order valence-electron chi connectivity index (χ1n) is 5.14. The van der Waals surface area contributed by atoms with Gasteiger partial charge in [-0.15, -0.1) is 0 Å². The number of nitrogens with zero attached hydrogens (tertiary/aromatic N) is 1. The predicted octanol–water partition coefficient (Wildman–Crippen LogP) is 3.45. The van der Waals surface area contributed by atoms with Crippen LogP contribution in [-0.4, -0.2) is 10.9 Å². The third kappa shape index (κ3) is 3.45. The Balaban J connectivity index is 2.77. The Morgan fingerprint density at radius 3 is 2.88 bits per heavy atom. The molecule has 1 N–H and O–H groups in total. The maximum atomic E-state index is 11.7. The minimum Gasteiger partial charge on any atom is -0.321 e. The second-order valence-corrected chi connectivity index (χ2v) is 4.33. The largest absolute Gasteiger partial charge is 0.321 e. The highest BCUT2D eigenvalue weighted by Crippen LogP contribution is 2.17. The molecule has 0 saturated heterocycles. The molecular formula is C12H15BrN2O. The van der Waals surface area contributed by atoms with Gasteiger partial charge in [0.25, 0.3) is 5.91 Å². The van der Waals surface area contributed by atoms with E-state index >= 15 is 0 Å². The lowest BCUT2D eigenvalue weighted by molar-refractivity contribution is -0.112. The molecule has 1 rings (SSSR count). The molecule has 0 aliphatic rings.